The van der Waals surface area contributed by atoms with Crippen molar-refractivity contribution in [1.82, 2.24) is 25.4 Å². The van der Waals surface area contributed by atoms with Crippen molar-refractivity contribution < 1.29 is 4.79 Å². The number of aromatic nitrogens is 3. The third-order valence-corrected chi connectivity index (χ3v) is 5.97. The highest BCUT2D eigenvalue weighted by molar-refractivity contribution is 7.07. The van der Waals surface area contributed by atoms with E-state index in [-0.39, 0.29) is 5.91 Å². The van der Waals surface area contributed by atoms with Crippen LogP contribution in [0.1, 0.15) is 46.2 Å². The molecule has 0 aromatic carbocycles. The molecule has 1 amide bonds. The number of hydrogen-bond donors (Lipinski definition) is 2. The molecular weight excluding hydrogens is 370 g/mol. The van der Waals surface area contributed by atoms with Crippen molar-refractivity contribution in [3.8, 4) is 0 Å². The first-order valence-electron chi connectivity index (χ1n) is 9.74. The van der Waals surface area contributed by atoms with Gasteiger partial charge in [-0.1, -0.05) is 0 Å². The lowest BCUT2D eigenvalue weighted by atomic mass is 9.91. The van der Waals surface area contributed by atoms with Crippen LogP contribution < -0.4 is 10.6 Å². The molecule has 2 N–H and O–H groups in total. The van der Waals surface area contributed by atoms with E-state index in [1.165, 1.54) is 11.3 Å². The van der Waals surface area contributed by atoms with Crippen LogP contribution in [0.3, 0.4) is 0 Å². The van der Waals surface area contributed by atoms with E-state index in [4.69, 9.17) is 0 Å². The van der Waals surface area contributed by atoms with E-state index in [0.29, 0.717) is 18.3 Å². The summed E-state index contributed by atoms with van der Waals surface area (Å²) in [5, 5.41) is 15.6. The van der Waals surface area contributed by atoms with Crippen LogP contribution in [0.4, 0.5) is 0 Å². The number of nitrogens with zero attached hydrogens (tertiary/aromatic N) is 3. The Hall–Kier alpha value is -2.51. The highest BCUT2D eigenvalue weighted by atomic mass is 32.1. The van der Waals surface area contributed by atoms with Gasteiger partial charge in [-0.3, -0.25) is 14.5 Å². The van der Waals surface area contributed by atoms with E-state index in [9.17, 15) is 4.79 Å². The summed E-state index contributed by atoms with van der Waals surface area (Å²) in [5.74, 6) is -0.0984. The second-order valence-corrected chi connectivity index (χ2v) is 7.86. The SMILES string of the molecule is CCn1nc(C(=O)NCc2ccncc2)c2c1CCC(NCc1ccsc1)C2. The minimum Gasteiger partial charge on any atom is -0.347 e. The van der Waals surface area contributed by atoms with Crippen molar-refractivity contribution in [2.24, 2.45) is 0 Å². The zero-order chi connectivity index (χ0) is 19.3. The fraction of sp³-hybridized carbons (Fsp3) is 0.381. The van der Waals surface area contributed by atoms with Gasteiger partial charge in [0.2, 0.25) is 0 Å². The van der Waals surface area contributed by atoms with E-state index < -0.39 is 0 Å². The lowest BCUT2D eigenvalue weighted by molar-refractivity contribution is 0.0944. The number of nitrogens with one attached hydrogen (secondary N) is 2. The molecule has 7 heteroatoms. The first-order chi connectivity index (χ1) is 13.7. The van der Waals surface area contributed by atoms with Crippen LogP contribution in [0.25, 0.3) is 0 Å². The number of fused-ring (bicyclic) bond motifs is 1. The van der Waals surface area contributed by atoms with Crippen molar-refractivity contribution in [1.29, 1.82) is 0 Å². The van der Waals surface area contributed by atoms with Crippen LogP contribution >= 0.6 is 11.3 Å². The molecule has 146 valence electrons. The number of pyridine rings is 1. The van der Waals surface area contributed by atoms with Gasteiger partial charge >= 0.3 is 0 Å². The number of rotatable bonds is 7. The molecule has 0 aliphatic heterocycles. The predicted molar refractivity (Wildman–Crippen MR) is 110 cm³/mol. The maximum Gasteiger partial charge on any atom is 0.272 e. The predicted octanol–water partition coefficient (Wildman–Crippen LogP) is 2.94. The summed E-state index contributed by atoms with van der Waals surface area (Å²) in [4.78, 5) is 16.9. The van der Waals surface area contributed by atoms with E-state index in [0.717, 1.165) is 43.5 Å². The van der Waals surface area contributed by atoms with Gasteiger partial charge in [0.15, 0.2) is 5.69 Å². The Kier molecular flexibility index (Phi) is 5.83. The van der Waals surface area contributed by atoms with E-state index in [2.05, 4.69) is 44.5 Å². The van der Waals surface area contributed by atoms with Crippen LogP contribution in [0.15, 0.2) is 41.4 Å². The summed E-state index contributed by atoms with van der Waals surface area (Å²) in [6, 6.07) is 6.34. The highest BCUT2D eigenvalue weighted by Crippen LogP contribution is 2.25. The second-order valence-electron chi connectivity index (χ2n) is 7.08. The first kappa shape index (κ1) is 18.8. The van der Waals surface area contributed by atoms with Gasteiger partial charge in [0, 0.05) is 49.3 Å². The Morgan fingerprint density at radius 3 is 2.86 bits per heavy atom. The third kappa shape index (κ3) is 4.15. The van der Waals surface area contributed by atoms with Crippen molar-refractivity contribution in [2.75, 3.05) is 0 Å². The monoisotopic (exact) mass is 395 g/mol. The van der Waals surface area contributed by atoms with Gasteiger partial charge in [-0.05, 0) is 66.3 Å². The normalized spacial score (nSPS) is 16.0. The highest BCUT2D eigenvalue weighted by Gasteiger charge is 2.28. The molecule has 0 radical (unpaired) electrons. The molecule has 4 rings (SSSR count). The van der Waals surface area contributed by atoms with Crippen molar-refractivity contribution in [3.05, 3.63) is 69.4 Å². The van der Waals surface area contributed by atoms with Crippen LogP contribution in [0, 0.1) is 0 Å². The maximum atomic E-state index is 12.8. The number of aryl methyl sites for hydroxylation is 1. The van der Waals surface area contributed by atoms with Crippen LogP contribution in [0.5, 0.6) is 0 Å². The van der Waals surface area contributed by atoms with E-state index in [1.54, 1.807) is 23.7 Å². The summed E-state index contributed by atoms with van der Waals surface area (Å²) in [6.45, 7) is 4.21. The summed E-state index contributed by atoms with van der Waals surface area (Å²) < 4.78 is 1.99. The average molecular weight is 396 g/mol. The molecule has 1 unspecified atom stereocenters. The Morgan fingerprint density at radius 2 is 2.11 bits per heavy atom. The largest absolute Gasteiger partial charge is 0.347 e. The molecule has 0 fully saturated rings. The average Bonchev–Trinajstić information content (AvgIpc) is 3.38. The standard InChI is InChI=1S/C21H25N5OS/c1-2-26-19-4-3-17(23-13-16-7-10-28-14-16)11-18(19)20(25-26)21(27)24-12-15-5-8-22-9-6-15/h5-10,14,17,23H,2-4,11-13H2,1H3,(H,24,27). The molecule has 3 aromatic rings. The number of hydrogen-bond acceptors (Lipinski definition) is 5. The smallest absolute Gasteiger partial charge is 0.272 e. The van der Waals surface area contributed by atoms with Crippen LogP contribution in [-0.4, -0.2) is 26.7 Å². The fourth-order valence-corrected chi connectivity index (χ4v) is 4.40. The number of carbonyl (C=O) groups excluding carboxylic acids is 1. The molecule has 1 atom stereocenters. The van der Waals surface area contributed by atoms with Gasteiger partial charge in [-0.15, -0.1) is 0 Å². The molecule has 3 heterocycles. The summed E-state index contributed by atoms with van der Waals surface area (Å²) in [5.41, 5.74) is 5.24. The Balaban J connectivity index is 1.46. The Bertz CT molecular complexity index is 920. The molecule has 0 saturated carbocycles. The Labute approximate surface area is 169 Å². The molecule has 1 aliphatic carbocycles. The third-order valence-electron chi connectivity index (χ3n) is 5.24. The molecular formula is C21H25N5OS. The van der Waals surface area contributed by atoms with Gasteiger partial charge in [-0.25, -0.2) is 0 Å². The van der Waals surface area contributed by atoms with Crippen molar-refractivity contribution >= 4 is 17.2 Å². The van der Waals surface area contributed by atoms with Crippen LogP contribution in [0.2, 0.25) is 0 Å². The van der Waals surface area contributed by atoms with Gasteiger partial charge < -0.3 is 10.6 Å². The number of thiophene rings is 1. The first-order valence-corrected chi connectivity index (χ1v) is 10.7. The lowest BCUT2D eigenvalue weighted by Crippen LogP contribution is -2.35. The molecule has 0 spiro atoms. The van der Waals surface area contributed by atoms with Gasteiger partial charge in [0.25, 0.3) is 5.91 Å². The summed E-state index contributed by atoms with van der Waals surface area (Å²) in [6.07, 6.45) is 6.34. The van der Waals surface area contributed by atoms with Gasteiger partial charge in [0.05, 0.1) is 0 Å². The van der Waals surface area contributed by atoms with E-state index >= 15 is 0 Å². The molecule has 0 saturated heterocycles. The molecule has 1 aliphatic rings. The van der Waals surface area contributed by atoms with Crippen molar-refractivity contribution in [2.45, 2.75) is 51.9 Å². The summed E-state index contributed by atoms with van der Waals surface area (Å²) >= 11 is 1.72. The second kappa shape index (κ2) is 8.67. The Morgan fingerprint density at radius 1 is 1.25 bits per heavy atom. The van der Waals surface area contributed by atoms with E-state index in [1.807, 2.05) is 16.8 Å². The molecule has 0 bridgehead atoms. The molecule has 3 aromatic heterocycles. The van der Waals surface area contributed by atoms with Crippen LogP contribution in [-0.2, 0) is 32.5 Å². The zero-order valence-electron chi connectivity index (χ0n) is 16.0. The van der Waals surface area contributed by atoms with Crippen molar-refractivity contribution in [3.63, 3.8) is 0 Å². The maximum absolute atomic E-state index is 12.8. The minimum atomic E-state index is -0.0984. The molecule has 6 nitrogen and oxygen atoms in total. The quantitative estimate of drug-likeness (QED) is 0.645. The van der Waals surface area contributed by atoms with Gasteiger partial charge in [-0.2, -0.15) is 16.4 Å². The fourth-order valence-electron chi connectivity index (χ4n) is 3.73. The number of amides is 1. The molecule has 28 heavy (non-hydrogen) atoms. The van der Waals surface area contributed by atoms with Gasteiger partial charge in [0.1, 0.15) is 0 Å². The lowest BCUT2D eigenvalue weighted by Gasteiger charge is -2.24. The summed E-state index contributed by atoms with van der Waals surface area (Å²) in [7, 11) is 0. The zero-order valence-corrected chi connectivity index (χ0v) is 16.8. The number of carbonyl (C=O) groups is 1. The minimum absolute atomic E-state index is 0.0984. The topological polar surface area (TPSA) is 71.8 Å².